The summed E-state index contributed by atoms with van der Waals surface area (Å²) < 4.78 is 93.2. The van der Waals surface area contributed by atoms with E-state index in [1.165, 1.54) is 0 Å². The lowest BCUT2D eigenvalue weighted by Gasteiger charge is -2.43. The number of ether oxygens (including phenoxy) is 4. The van der Waals surface area contributed by atoms with Crippen molar-refractivity contribution in [1.29, 1.82) is 0 Å². The molecule has 2 saturated heterocycles. The van der Waals surface area contributed by atoms with Gasteiger partial charge in [-0.25, -0.2) is 0 Å². The Morgan fingerprint density at radius 1 is 0.737 bits per heavy atom. The molecule has 0 aromatic rings. The second-order valence-corrected chi connectivity index (χ2v) is 4.07. The van der Waals surface area contributed by atoms with Gasteiger partial charge in [-0.1, -0.05) is 0 Å². The predicted octanol–water partition coefficient (Wildman–Crippen LogP) is 2.33. The van der Waals surface area contributed by atoms with Crippen molar-refractivity contribution in [2.24, 2.45) is 0 Å². The van der Waals surface area contributed by atoms with Crippen LogP contribution in [0.25, 0.3) is 0 Å². The molecule has 0 bridgehead atoms. The molecule has 0 saturated carbocycles. The highest BCUT2D eigenvalue weighted by Crippen LogP contribution is 2.40. The molecule has 2 fully saturated rings. The summed E-state index contributed by atoms with van der Waals surface area (Å²) in [7, 11) is 0. The van der Waals surface area contributed by atoms with Gasteiger partial charge >= 0.3 is 18.5 Å². The number of alkyl halides is 6. The van der Waals surface area contributed by atoms with E-state index in [4.69, 9.17) is 9.47 Å². The Morgan fingerprint density at radius 3 is 1.42 bits per heavy atom. The smallest absolute Gasteiger partial charge is 0.303 e. The first-order valence-electron chi connectivity index (χ1n) is 5.39. The molecule has 2 heterocycles. The predicted molar refractivity (Wildman–Crippen MR) is 45.7 cm³/mol. The van der Waals surface area contributed by atoms with Gasteiger partial charge in [0.1, 0.15) is 0 Å². The lowest BCUT2D eigenvalue weighted by molar-refractivity contribution is -0.566. The minimum absolute atomic E-state index is 0.477. The molecule has 2 aliphatic rings. The van der Waals surface area contributed by atoms with Crippen molar-refractivity contribution in [3.05, 3.63) is 0 Å². The second kappa shape index (κ2) is 4.76. The average molecular weight is 296 g/mol. The molecular weight excluding hydrogens is 286 g/mol. The summed E-state index contributed by atoms with van der Waals surface area (Å²) >= 11 is 0. The molecule has 0 amide bonds. The Morgan fingerprint density at radius 2 is 1.11 bits per heavy atom. The molecule has 0 radical (unpaired) electrons. The highest BCUT2D eigenvalue weighted by Gasteiger charge is 2.57. The molecule has 1 spiro atoms. The molecule has 2 aliphatic heterocycles. The van der Waals surface area contributed by atoms with Crippen molar-refractivity contribution in [2.45, 2.75) is 43.6 Å². The Kier molecular flexibility index (Phi) is 3.71. The molecular formula is C9H10F6O4. The van der Waals surface area contributed by atoms with E-state index in [9.17, 15) is 26.3 Å². The monoisotopic (exact) mass is 296 g/mol. The fourth-order valence-electron chi connectivity index (χ4n) is 1.71. The fourth-order valence-corrected chi connectivity index (χ4v) is 1.71. The Hall–Kier alpha value is -0.580. The van der Waals surface area contributed by atoms with E-state index in [2.05, 4.69) is 9.47 Å². The van der Waals surface area contributed by atoms with E-state index in [1.807, 2.05) is 0 Å². The van der Waals surface area contributed by atoms with Crippen LogP contribution in [0, 0.1) is 0 Å². The number of hydrogen-bond acceptors (Lipinski definition) is 4. The third-order valence-electron chi connectivity index (χ3n) is 2.62. The van der Waals surface area contributed by atoms with Gasteiger partial charge in [-0.3, -0.25) is 9.47 Å². The number of hydrogen-bond donors (Lipinski definition) is 0. The van der Waals surface area contributed by atoms with Crippen LogP contribution in [-0.2, 0) is 18.9 Å². The van der Waals surface area contributed by atoms with Gasteiger partial charge in [0.2, 0.25) is 0 Å². The van der Waals surface area contributed by atoms with E-state index in [-0.39, 0.29) is 0 Å². The molecule has 0 aromatic carbocycles. The van der Waals surface area contributed by atoms with Crippen molar-refractivity contribution in [3.63, 3.8) is 0 Å². The zero-order chi connectivity index (χ0) is 14.3. The van der Waals surface area contributed by atoms with E-state index < -0.39 is 56.8 Å². The molecule has 0 aromatic heterocycles. The molecule has 2 atom stereocenters. The largest absolute Gasteiger partial charge is 0.415 e. The van der Waals surface area contributed by atoms with Gasteiger partial charge < -0.3 is 9.47 Å². The molecule has 0 aliphatic carbocycles. The normalized spacial score (nSPS) is 37.6. The molecule has 10 heteroatoms. The summed E-state index contributed by atoms with van der Waals surface area (Å²) in [6, 6.07) is 0. The van der Waals surface area contributed by atoms with Gasteiger partial charge in [0.05, 0.1) is 13.2 Å². The van der Waals surface area contributed by atoms with Crippen molar-refractivity contribution >= 4 is 0 Å². The van der Waals surface area contributed by atoms with Crippen LogP contribution >= 0.6 is 0 Å². The highest BCUT2D eigenvalue weighted by molar-refractivity contribution is 4.77. The first-order chi connectivity index (χ1) is 8.62. The minimum Gasteiger partial charge on any atom is -0.303 e. The summed E-state index contributed by atoms with van der Waals surface area (Å²) in [4.78, 5) is 0. The van der Waals surface area contributed by atoms with Crippen molar-refractivity contribution in [2.75, 3.05) is 13.2 Å². The first kappa shape index (κ1) is 14.8. The Balaban J connectivity index is 2.09. The first-order valence-corrected chi connectivity index (χ1v) is 5.39. The van der Waals surface area contributed by atoms with Crippen LogP contribution in [0.5, 0.6) is 0 Å². The maximum absolute atomic E-state index is 12.5. The summed E-state index contributed by atoms with van der Waals surface area (Å²) in [5.74, 6) is 0. The minimum atomic E-state index is -4.73. The van der Waals surface area contributed by atoms with Gasteiger partial charge in [0.15, 0.2) is 12.2 Å². The van der Waals surface area contributed by atoms with Crippen LogP contribution in [0.4, 0.5) is 26.3 Å². The van der Waals surface area contributed by atoms with Crippen LogP contribution < -0.4 is 0 Å². The Labute approximate surface area is 103 Å². The van der Waals surface area contributed by atoms with E-state index in [0.717, 1.165) is 0 Å². The fraction of sp³-hybridized carbons (Fsp3) is 1.00. The zero-order valence-corrected chi connectivity index (χ0v) is 9.38. The summed E-state index contributed by atoms with van der Waals surface area (Å²) in [5, 5.41) is 0. The maximum Gasteiger partial charge on any atom is 0.415 e. The van der Waals surface area contributed by atoms with E-state index >= 15 is 0 Å². The SMILES string of the molecule is FC(F)(F)C1CCOC2(OCCC(C(F)(F)F)O2)O1. The quantitative estimate of drug-likeness (QED) is 0.643. The molecule has 4 nitrogen and oxygen atoms in total. The standard InChI is InChI=1S/C9H10F6O4/c10-7(11,12)5-1-3-16-9(18-5)17-4-2-6(19-9)8(13,14)15/h5-6H,1-4H2. The average Bonchev–Trinajstić information content (AvgIpc) is 2.27. The third kappa shape index (κ3) is 3.30. The third-order valence-corrected chi connectivity index (χ3v) is 2.62. The maximum atomic E-state index is 12.5. The van der Waals surface area contributed by atoms with Crippen molar-refractivity contribution in [3.8, 4) is 0 Å². The molecule has 2 unspecified atom stereocenters. The van der Waals surface area contributed by atoms with Gasteiger partial charge in [0, 0.05) is 12.8 Å². The van der Waals surface area contributed by atoms with Gasteiger partial charge in [-0.15, -0.1) is 0 Å². The van der Waals surface area contributed by atoms with Crippen molar-refractivity contribution in [1.82, 2.24) is 0 Å². The number of rotatable bonds is 0. The van der Waals surface area contributed by atoms with Crippen molar-refractivity contribution < 1.29 is 45.3 Å². The molecule has 0 N–H and O–H groups in total. The molecule has 19 heavy (non-hydrogen) atoms. The highest BCUT2D eigenvalue weighted by atomic mass is 19.4. The summed E-state index contributed by atoms with van der Waals surface area (Å²) in [6.07, 6.45) is -17.8. The van der Waals surface area contributed by atoms with Crippen LogP contribution in [0.1, 0.15) is 12.8 Å². The van der Waals surface area contributed by atoms with E-state index in [0.29, 0.717) is 0 Å². The van der Waals surface area contributed by atoms with Gasteiger partial charge in [-0.2, -0.15) is 26.3 Å². The van der Waals surface area contributed by atoms with E-state index in [1.54, 1.807) is 0 Å². The Bertz CT molecular complexity index is 296. The van der Waals surface area contributed by atoms with Crippen LogP contribution in [0.3, 0.4) is 0 Å². The van der Waals surface area contributed by atoms with Crippen LogP contribution in [0.15, 0.2) is 0 Å². The molecule has 2 rings (SSSR count). The number of halogens is 6. The molecule has 112 valence electrons. The van der Waals surface area contributed by atoms with Gasteiger partial charge in [0.25, 0.3) is 0 Å². The lowest BCUT2D eigenvalue weighted by atomic mass is 10.2. The summed E-state index contributed by atoms with van der Waals surface area (Å²) in [5.41, 5.74) is 0. The topological polar surface area (TPSA) is 36.9 Å². The van der Waals surface area contributed by atoms with Crippen LogP contribution in [-0.4, -0.2) is 43.9 Å². The van der Waals surface area contributed by atoms with Gasteiger partial charge in [-0.05, 0) is 0 Å². The van der Waals surface area contributed by atoms with Crippen LogP contribution in [0.2, 0.25) is 0 Å². The zero-order valence-electron chi connectivity index (χ0n) is 9.38. The second-order valence-electron chi connectivity index (χ2n) is 4.07. The lowest BCUT2D eigenvalue weighted by Crippen LogP contribution is -2.58. The summed E-state index contributed by atoms with van der Waals surface area (Å²) in [6.45, 7) is -0.955.